The Morgan fingerprint density at radius 1 is 1.12 bits per heavy atom. The van der Waals surface area contributed by atoms with Crippen molar-refractivity contribution in [3.05, 3.63) is 66.0 Å². The zero-order valence-electron chi connectivity index (χ0n) is 13.1. The van der Waals surface area contributed by atoms with Crippen LogP contribution >= 0.6 is 11.8 Å². The Morgan fingerprint density at radius 2 is 1.83 bits per heavy atom. The summed E-state index contributed by atoms with van der Waals surface area (Å²) < 4.78 is 15.1. The summed E-state index contributed by atoms with van der Waals surface area (Å²) in [6.07, 6.45) is 0. The third-order valence-corrected chi connectivity index (χ3v) is 4.44. The molecule has 120 valence electrons. The van der Waals surface area contributed by atoms with E-state index in [1.165, 1.54) is 23.9 Å². The predicted molar refractivity (Wildman–Crippen MR) is 91.9 cm³/mol. The molecule has 0 saturated carbocycles. The van der Waals surface area contributed by atoms with E-state index in [1.807, 2.05) is 41.8 Å². The van der Waals surface area contributed by atoms with Crippen LogP contribution in [-0.2, 0) is 6.54 Å². The molecule has 1 atom stereocenters. The molecule has 0 spiro atoms. The van der Waals surface area contributed by atoms with Crippen LogP contribution < -0.4 is 0 Å². The molecular formula is C18H15FN4S. The summed E-state index contributed by atoms with van der Waals surface area (Å²) in [7, 11) is 0. The summed E-state index contributed by atoms with van der Waals surface area (Å²) in [5.74, 6) is 0.368. The fraction of sp³-hybridized carbons (Fsp3) is 0.167. The van der Waals surface area contributed by atoms with Gasteiger partial charge in [-0.1, -0.05) is 42.1 Å². The van der Waals surface area contributed by atoms with E-state index < -0.39 is 0 Å². The lowest BCUT2D eigenvalue weighted by Gasteiger charge is -2.11. The Balaban J connectivity index is 2.02. The molecule has 0 aliphatic carbocycles. The molecule has 1 heterocycles. The Bertz CT molecular complexity index is 853. The summed E-state index contributed by atoms with van der Waals surface area (Å²) in [6, 6.07) is 18.3. The van der Waals surface area contributed by atoms with Crippen LogP contribution in [0.1, 0.15) is 12.5 Å². The van der Waals surface area contributed by atoms with Crippen molar-refractivity contribution in [1.29, 1.82) is 5.26 Å². The van der Waals surface area contributed by atoms with Crippen molar-refractivity contribution in [3.8, 4) is 17.5 Å². The van der Waals surface area contributed by atoms with Crippen LogP contribution in [0.3, 0.4) is 0 Å². The Labute approximate surface area is 144 Å². The number of aromatic nitrogens is 3. The minimum atomic E-state index is -0.291. The van der Waals surface area contributed by atoms with Crippen LogP contribution in [-0.4, -0.2) is 20.0 Å². The van der Waals surface area contributed by atoms with Crippen molar-refractivity contribution in [3.63, 3.8) is 0 Å². The van der Waals surface area contributed by atoms with Gasteiger partial charge in [0.15, 0.2) is 11.0 Å². The van der Waals surface area contributed by atoms with Gasteiger partial charge < -0.3 is 0 Å². The van der Waals surface area contributed by atoms with E-state index in [4.69, 9.17) is 5.26 Å². The average molecular weight is 338 g/mol. The van der Waals surface area contributed by atoms with Gasteiger partial charge in [-0.3, -0.25) is 4.57 Å². The first-order valence-corrected chi connectivity index (χ1v) is 8.34. The molecule has 0 unspecified atom stereocenters. The maximum atomic E-state index is 13.2. The normalized spacial score (nSPS) is 11.9. The zero-order valence-corrected chi connectivity index (χ0v) is 13.9. The van der Waals surface area contributed by atoms with Crippen LogP contribution in [0.5, 0.6) is 0 Å². The SMILES string of the molecule is C[C@H](C#N)Sc1nnc(-c2ccc(F)cc2)n1Cc1ccccc1. The number of rotatable bonds is 5. The predicted octanol–water partition coefficient (Wildman–Crippen LogP) is 4.14. The van der Waals surface area contributed by atoms with Gasteiger partial charge in [0.05, 0.1) is 17.9 Å². The molecule has 1 aromatic heterocycles. The molecule has 0 bridgehead atoms. The first kappa shape index (κ1) is 16.2. The van der Waals surface area contributed by atoms with Crippen LogP contribution in [0.25, 0.3) is 11.4 Å². The smallest absolute Gasteiger partial charge is 0.193 e. The fourth-order valence-electron chi connectivity index (χ4n) is 2.28. The number of thioether (sulfide) groups is 1. The van der Waals surface area contributed by atoms with E-state index in [0.29, 0.717) is 17.5 Å². The maximum absolute atomic E-state index is 13.2. The average Bonchev–Trinajstić information content (AvgIpc) is 2.99. The molecule has 3 aromatic rings. The van der Waals surface area contributed by atoms with E-state index in [-0.39, 0.29) is 11.1 Å². The van der Waals surface area contributed by atoms with Crippen LogP contribution in [0, 0.1) is 17.1 Å². The first-order chi connectivity index (χ1) is 11.7. The largest absolute Gasteiger partial charge is 0.298 e. The Morgan fingerprint density at radius 3 is 2.50 bits per heavy atom. The Kier molecular flexibility index (Phi) is 4.92. The third kappa shape index (κ3) is 3.63. The maximum Gasteiger partial charge on any atom is 0.193 e. The van der Waals surface area contributed by atoms with Gasteiger partial charge in [-0.15, -0.1) is 10.2 Å². The van der Waals surface area contributed by atoms with Crippen molar-refractivity contribution in [2.45, 2.75) is 23.9 Å². The molecule has 0 saturated heterocycles. The second-order valence-corrected chi connectivity index (χ2v) is 6.58. The molecule has 0 aliphatic heterocycles. The van der Waals surface area contributed by atoms with Gasteiger partial charge in [-0.2, -0.15) is 5.26 Å². The molecule has 0 radical (unpaired) electrons. The highest BCUT2D eigenvalue weighted by molar-refractivity contribution is 8.00. The van der Waals surface area contributed by atoms with Crippen LogP contribution in [0.15, 0.2) is 59.8 Å². The quantitative estimate of drug-likeness (QED) is 0.656. The number of nitriles is 1. The van der Waals surface area contributed by atoms with E-state index in [1.54, 1.807) is 12.1 Å². The fourth-order valence-corrected chi connectivity index (χ4v) is 3.02. The number of hydrogen-bond acceptors (Lipinski definition) is 4. The molecule has 0 N–H and O–H groups in total. The summed E-state index contributed by atoms with van der Waals surface area (Å²) >= 11 is 1.36. The lowest BCUT2D eigenvalue weighted by Crippen LogP contribution is -2.05. The van der Waals surface area contributed by atoms with Crippen molar-refractivity contribution < 1.29 is 4.39 Å². The molecule has 6 heteroatoms. The van der Waals surface area contributed by atoms with Crippen molar-refractivity contribution in [2.24, 2.45) is 0 Å². The number of halogens is 1. The summed E-state index contributed by atoms with van der Waals surface area (Å²) in [6.45, 7) is 2.41. The van der Waals surface area contributed by atoms with Crippen molar-refractivity contribution in [1.82, 2.24) is 14.8 Å². The highest BCUT2D eigenvalue weighted by Crippen LogP contribution is 2.27. The van der Waals surface area contributed by atoms with Crippen molar-refractivity contribution >= 4 is 11.8 Å². The van der Waals surface area contributed by atoms with Crippen LogP contribution in [0.4, 0.5) is 4.39 Å². The van der Waals surface area contributed by atoms with Crippen molar-refractivity contribution in [2.75, 3.05) is 0 Å². The van der Waals surface area contributed by atoms with E-state index in [0.717, 1.165) is 11.1 Å². The zero-order chi connectivity index (χ0) is 16.9. The van der Waals surface area contributed by atoms with Gasteiger partial charge in [0.1, 0.15) is 5.82 Å². The molecule has 0 fully saturated rings. The van der Waals surface area contributed by atoms with Gasteiger partial charge >= 0.3 is 0 Å². The second-order valence-electron chi connectivity index (χ2n) is 5.27. The number of nitrogens with zero attached hydrogens (tertiary/aromatic N) is 4. The summed E-state index contributed by atoms with van der Waals surface area (Å²) in [5.41, 5.74) is 1.89. The van der Waals surface area contributed by atoms with Crippen LogP contribution in [0.2, 0.25) is 0 Å². The molecular weight excluding hydrogens is 323 g/mol. The molecule has 0 aliphatic rings. The summed E-state index contributed by atoms with van der Waals surface area (Å²) in [4.78, 5) is 0. The van der Waals surface area contributed by atoms with E-state index >= 15 is 0 Å². The van der Waals surface area contributed by atoms with Gasteiger partial charge in [0.25, 0.3) is 0 Å². The standard InChI is InChI=1S/C18H15FN4S/c1-13(11-20)24-18-22-21-17(15-7-9-16(19)10-8-15)23(18)12-14-5-3-2-4-6-14/h2-10,13H,12H2,1H3/t13-/m1/s1. The molecule has 3 rings (SSSR count). The number of benzene rings is 2. The van der Waals surface area contributed by atoms with Gasteiger partial charge in [0, 0.05) is 5.56 Å². The van der Waals surface area contributed by atoms with Gasteiger partial charge in [0.2, 0.25) is 0 Å². The topological polar surface area (TPSA) is 54.5 Å². The van der Waals surface area contributed by atoms with Gasteiger partial charge in [-0.25, -0.2) is 4.39 Å². The lowest BCUT2D eigenvalue weighted by atomic mass is 10.2. The minimum absolute atomic E-state index is 0.232. The summed E-state index contributed by atoms with van der Waals surface area (Å²) in [5, 5.41) is 18.0. The number of hydrogen-bond donors (Lipinski definition) is 0. The highest BCUT2D eigenvalue weighted by Gasteiger charge is 2.17. The second kappa shape index (κ2) is 7.28. The Hall–Kier alpha value is -2.65. The highest BCUT2D eigenvalue weighted by atomic mass is 32.2. The minimum Gasteiger partial charge on any atom is -0.298 e. The van der Waals surface area contributed by atoms with Gasteiger partial charge in [-0.05, 0) is 36.8 Å². The lowest BCUT2D eigenvalue weighted by molar-refractivity contribution is 0.628. The van der Waals surface area contributed by atoms with E-state index in [2.05, 4.69) is 16.3 Å². The molecule has 0 amide bonds. The first-order valence-electron chi connectivity index (χ1n) is 7.46. The molecule has 2 aromatic carbocycles. The molecule has 24 heavy (non-hydrogen) atoms. The van der Waals surface area contributed by atoms with E-state index in [9.17, 15) is 4.39 Å². The third-order valence-electron chi connectivity index (χ3n) is 3.47. The monoisotopic (exact) mass is 338 g/mol. The molecule has 4 nitrogen and oxygen atoms in total.